The maximum Gasteiger partial charge on any atom is 0.266 e. The third kappa shape index (κ3) is 3.32. The lowest BCUT2D eigenvalue weighted by molar-refractivity contribution is -0.140. The van der Waals surface area contributed by atoms with Crippen LogP contribution in [0.25, 0.3) is 0 Å². The molecule has 0 aromatic carbocycles. The molecule has 1 saturated carbocycles. The number of ether oxygens (including phenoxy) is 1. The van der Waals surface area contributed by atoms with E-state index in [1.807, 2.05) is 11.0 Å². The molecule has 6 nitrogen and oxygen atoms in total. The molecule has 6 heteroatoms. The molecule has 3 heterocycles. The Labute approximate surface area is 135 Å². The van der Waals surface area contributed by atoms with Gasteiger partial charge in [0, 0.05) is 37.6 Å². The van der Waals surface area contributed by atoms with Crippen LogP contribution in [0.5, 0.6) is 0 Å². The van der Waals surface area contributed by atoms with E-state index in [1.54, 1.807) is 10.7 Å². The second kappa shape index (κ2) is 6.07. The minimum Gasteiger partial charge on any atom is -0.378 e. The molecule has 124 valence electrons. The van der Waals surface area contributed by atoms with Crippen molar-refractivity contribution in [3.05, 3.63) is 28.2 Å². The molecule has 1 atom stereocenters. The van der Waals surface area contributed by atoms with Gasteiger partial charge in [-0.1, -0.05) is 0 Å². The number of hydrogen-bond acceptors (Lipinski definition) is 4. The lowest BCUT2D eigenvalue weighted by atomic mass is 9.99. The molecule has 0 N–H and O–H groups in total. The summed E-state index contributed by atoms with van der Waals surface area (Å²) in [5, 5.41) is 4.49. The van der Waals surface area contributed by atoms with E-state index in [0.29, 0.717) is 24.8 Å². The highest BCUT2D eigenvalue weighted by Gasteiger charge is 2.33. The maximum absolute atomic E-state index is 12.2. The first-order valence-electron chi connectivity index (χ1n) is 8.66. The van der Waals surface area contributed by atoms with Crippen molar-refractivity contribution in [1.29, 1.82) is 0 Å². The van der Waals surface area contributed by atoms with Crippen molar-refractivity contribution < 1.29 is 9.53 Å². The number of hydrogen-bond donors (Lipinski definition) is 0. The zero-order chi connectivity index (χ0) is 15.8. The average Bonchev–Trinajstić information content (AvgIpc) is 3.22. The van der Waals surface area contributed by atoms with E-state index in [-0.39, 0.29) is 17.6 Å². The first-order chi connectivity index (χ1) is 11.2. The van der Waals surface area contributed by atoms with Crippen LogP contribution in [0.3, 0.4) is 0 Å². The van der Waals surface area contributed by atoms with E-state index < -0.39 is 0 Å². The minimum atomic E-state index is -0.0430. The van der Waals surface area contributed by atoms with Crippen molar-refractivity contribution in [3.63, 3.8) is 0 Å². The number of rotatable bonds is 5. The Morgan fingerprint density at radius 1 is 1.26 bits per heavy atom. The molecule has 1 aromatic heterocycles. The highest BCUT2D eigenvalue weighted by Crippen LogP contribution is 2.38. The molecule has 0 bridgehead atoms. The van der Waals surface area contributed by atoms with Gasteiger partial charge in [0.1, 0.15) is 0 Å². The lowest BCUT2D eigenvalue weighted by Crippen LogP contribution is -2.52. The van der Waals surface area contributed by atoms with Crippen LogP contribution in [-0.4, -0.2) is 46.4 Å². The van der Waals surface area contributed by atoms with Crippen molar-refractivity contribution >= 4 is 5.91 Å². The Morgan fingerprint density at radius 3 is 2.78 bits per heavy atom. The van der Waals surface area contributed by atoms with Gasteiger partial charge in [-0.05, 0) is 31.7 Å². The minimum absolute atomic E-state index is 0.0430. The van der Waals surface area contributed by atoms with Gasteiger partial charge in [0.25, 0.3) is 5.56 Å². The molecule has 2 aliphatic heterocycles. The van der Waals surface area contributed by atoms with Crippen molar-refractivity contribution in [2.45, 2.75) is 50.7 Å². The second-order valence-electron chi connectivity index (χ2n) is 7.06. The SMILES string of the molecule is O=C(CC1CCCO1)N1CC(Cn2nc(C3CC3)ccc2=O)C1. The molecular weight excluding hydrogens is 294 g/mol. The van der Waals surface area contributed by atoms with E-state index in [1.165, 1.54) is 12.8 Å². The molecule has 1 amide bonds. The van der Waals surface area contributed by atoms with Crippen molar-refractivity contribution in [2.24, 2.45) is 5.92 Å². The summed E-state index contributed by atoms with van der Waals surface area (Å²) in [5.41, 5.74) is 0.994. The monoisotopic (exact) mass is 317 g/mol. The summed E-state index contributed by atoms with van der Waals surface area (Å²) in [6.07, 6.45) is 5.03. The van der Waals surface area contributed by atoms with Gasteiger partial charge >= 0.3 is 0 Å². The van der Waals surface area contributed by atoms with Gasteiger partial charge in [-0.2, -0.15) is 5.10 Å². The summed E-state index contributed by atoms with van der Waals surface area (Å²) in [7, 11) is 0. The summed E-state index contributed by atoms with van der Waals surface area (Å²) in [4.78, 5) is 26.0. The Kier molecular flexibility index (Phi) is 3.93. The van der Waals surface area contributed by atoms with E-state index in [9.17, 15) is 9.59 Å². The van der Waals surface area contributed by atoms with Gasteiger partial charge in [0.15, 0.2) is 0 Å². The fraction of sp³-hybridized carbons (Fsp3) is 0.706. The fourth-order valence-corrected chi connectivity index (χ4v) is 3.46. The molecule has 4 rings (SSSR count). The molecule has 2 saturated heterocycles. The quantitative estimate of drug-likeness (QED) is 0.817. The van der Waals surface area contributed by atoms with Crippen LogP contribution in [-0.2, 0) is 16.1 Å². The summed E-state index contributed by atoms with van der Waals surface area (Å²) in [5.74, 6) is 1.07. The Balaban J connectivity index is 1.29. The highest BCUT2D eigenvalue weighted by atomic mass is 16.5. The van der Waals surface area contributed by atoms with Crippen LogP contribution >= 0.6 is 0 Å². The smallest absolute Gasteiger partial charge is 0.266 e. The first-order valence-corrected chi connectivity index (χ1v) is 8.66. The van der Waals surface area contributed by atoms with E-state index in [2.05, 4.69) is 5.10 Å². The normalized spacial score (nSPS) is 24.7. The number of carbonyl (C=O) groups excluding carboxylic acids is 1. The van der Waals surface area contributed by atoms with Crippen LogP contribution in [0.15, 0.2) is 16.9 Å². The molecule has 0 radical (unpaired) electrons. The second-order valence-corrected chi connectivity index (χ2v) is 7.06. The molecule has 3 aliphatic rings. The van der Waals surface area contributed by atoms with Crippen molar-refractivity contribution in [2.75, 3.05) is 19.7 Å². The number of amides is 1. The topological polar surface area (TPSA) is 64.4 Å². The summed E-state index contributed by atoms with van der Waals surface area (Å²) in [6, 6.07) is 3.48. The number of likely N-dealkylation sites (tertiary alicyclic amines) is 1. The predicted octanol–water partition coefficient (Wildman–Crippen LogP) is 1.15. The number of carbonyl (C=O) groups is 1. The third-order valence-electron chi connectivity index (χ3n) is 5.05. The van der Waals surface area contributed by atoms with Gasteiger partial charge in [0.2, 0.25) is 5.91 Å². The average molecular weight is 317 g/mol. The van der Waals surface area contributed by atoms with Crippen LogP contribution in [0.2, 0.25) is 0 Å². The molecule has 1 aliphatic carbocycles. The van der Waals surface area contributed by atoms with Crippen molar-refractivity contribution in [3.8, 4) is 0 Å². The molecule has 1 aromatic rings. The highest BCUT2D eigenvalue weighted by molar-refractivity contribution is 5.77. The van der Waals surface area contributed by atoms with Crippen molar-refractivity contribution in [1.82, 2.24) is 14.7 Å². The summed E-state index contributed by atoms with van der Waals surface area (Å²) in [6.45, 7) is 2.86. The largest absolute Gasteiger partial charge is 0.378 e. The Morgan fingerprint density at radius 2 is 2.09 bits per heavy atom. The van der Waals surface area contributed by atoms with E-state index >= 15 is 0 Å². The summed E-state index contributed by atoms with van der Waals surface area (Å²) >= 11 is 0. The number of nitrogens with zero attached hydrogens (tertiary/aromatic N) is 3. The van der Waals surface area contributed by atoms with Crippen LogP contribution in [0, 0.1) is 5.92 Å². The maximum atomic E-state index is 12.2. The standard InChI is InChI=1S/C17H23N3O3/c21-16-6-5-15(13-3-4-13)18-20(16)11-12-9-19(10-12)17(22)8-14-2-1-7-23-14/h5-6,12-14H,1-4,7-11H2. The Bertz CT molecular complexity index is 641. The van der Waals surface area contributed by atoms with Gasteiger partial charge in [0.05, 0.1) is 24.8 Å². The van der Waals surface area contributed by atoms with Gasteiger partial charge in [-0.15, -0.1) is 0 Å². The van der Waals surface area contributed by atoms with E-state index in [4.69, 9.17) is 4.74 Å². The van der Waals surface area contributed by atoms with Gasteiger partial charge < -0.3 is 9.64 Å². The lowest BCUT2D eigenvalue weighted by Gasteiger charge is -2.39. The summed E-state index contributed by atoms with van der Waals surface area (Å²) < 4.78 is 7.10. The zero-order valence-electron chi connectivity index (χ0n) is 13.3. The van der Waals surface area contributed by atoms with E-state index in [0.717, 1.165) is 38.2 Å². The first kappa shape index (κ1) is 14.9. The third-order valence-corrected chi connectivity index (χ3v) is 5.05. The molecule has 3 fully saturated rings. The number of aromatic nitrogens is 2. The molecule has 0 spiro atoms. The van der Waals surface area contributed by atoms with Crippen LogP contribution in [0.1, 0.15) is 43.7 Å². The van der Waals surface area contributed by atoms with Crippen LogP contribution < -0.4 is 5.56 Å². The van der Waals surface area contributed by atoms with Gasteiger partial charge in [-0.3, -0.25) is 9.59 Å². The molecular formula is C17H23N3O3. The predicted molar refractivity (Wildman–Crippen MR) is 84.1 cm³/mol. The van der Waals surface area contributed by atoms with Crippen LogP contribution in [0.4, 0.5) is 0 Å². The zero-order valence-corrected chi connectivity index (χ0v) is 13.3. The fourth-order valence-electron chi connectivity index (χ4n) is 3.46. The Hall–Kier alpha value is -1.69. The molecule has 23 heavy (non-hydrogen) atoms. The molecule has 1 unspecified atom stereocenters. The van der Waals surface area contributed by atoms with Gasteiger partial charge in [-0.25, -0.2) is 4.68 Å².